The van der Waals surface area contributed by atoms with Gasteiger partial charge in [-0.25, -0.2) is 14.0 Å². The summed E-state index contributed by atoms with van der Waals surface area (Å²) in [4.78, 5) is 28.3. The second kappa shape index (κ2) is 8.29. The van der Waals surface area contributed by atoms with E-state index in [0.717, 1.165) is 31.9 Å². The smallest absolute Gasteiger partial charge is 0.350 e. The summed E-state index contributed by atoms with van der Waals surface area (Å²) >= 11 is 0. The highest BCUT2D eigenvalue weighted by Gasteiger charge is 2.38. The van der Waals surface area contributed by atoms with Gasteiger partial charge in [-0.3, -0.25) is 0 Å². The minimum atomic E-state index is -1.26. The van der Waals surface area contributed by atoms with Gasteiger partial charge in [-0.2, -0.15) is 0 Å². The maximum atomic E-state index is 14.0. The molecule has 0 radical (unpaired) electrons. The average Bonchev–Trinajstić information content (AvgIpc) is 2.73. The minimum Gasteiger partial charge on any atom is -0.419 e. The van der Waals surface area contributed by atoms with Crippen molar-refractivity contribution in [2.75, 3.05) is 41.3 Å². The zero-order valence-corrected chi connectivity index (χ0v) is 17.4. The molecule has 31 heavy (non-hydrogen) atoms. The number of cyclic esters (lactones) is 2. The number of nitrogens with one attached hydrogen (secondary N) is 1. The molecule has 1 N–H and O–H groups in total. The normalized spacial score (nSPS) is 18.4. The van der Waals surface area contributed by atoms with Gasteiger partial charge in [0, 0.05) is 57.6 Å². The molecule has 0 bridgehead atoms. The number of hydrogen-bond acceptors (Lipinski definition) is 7. The lowest BCUT2D eigenvalue weighted by molar-refractivity contribution is -0.222. The number of rotatable bonds is 4. The molecule has 8 heteroatoms. The van der Waals surface area contributed by atoms with Crippen molar-refractivity contribution < 1.29 is 23.5 Å². The van der Waals surface area contributed by atoms with E-state index in [-0.39, 0.29) is 11.4 Å². The van der Waals surface area contributed by atoms with Gasteiger partial charge < -0.3 is 24.6 Å². The Kier molecular flexibility index (Phi) is 5.54. The molecule has 2 heterocycles. The molecule has 0 atom stereocenters. The van der Waals surface area contributed by atoms with Crippen molar-refractivity contribution in [3.05, 3.63) is 66.1 Å². The van der Waals surface area contributed by atoms with E-state index in [1.165, 1.54) is 26.1 Å². The number of piperazine rings is 1. The molecule has 2 fully saturated rings. The van der Waals surface area contributed by atoms with Crippen molar-refractivity contribution in [1.82, 2.24) is 0 Å². The zero-order chi connectivity index (χ0) is 22.0. The molecule has 0 saturated carbocycles. The summed E-state index contributed by atoms with van der Waals surface area (Å²) in [6, 6.07) is 14.5. The third-order valence-corrected chi connectivity index (χ3v) is 5.21. The van der Waals surface area contributed by atoms with Crippen LogP contribution < -0.4 is 15.1 Å². The number of carbonyl (C=O) groups is 2. The fourth-order valence-electron chi connectivity index (χ4n) is 3.62. The lowest BCUT2D eigenvalue weighted by atomic mass is 10.2. The maximum absolute atomic E-state index is 14.0. The van der Waals surface area contributed by atoms with Crippen LogP contribution in [-0.4, -0.2) is 43.9 Å². The molecular formula is C23H24FN3O4. The molecule has 2 aliphatic heterocycles. The van der Waals surface area contributed by atoms with Gasteiger partial charge in [0.25, 0.3) is 5.79 Å². The molecule has 2 aromatic rings. The van der Waals surface area contributed by atoms with E-state index < -0.39 is 17.7 Å². The van der Waals surface area contributed by atoms with Crippen LogP contribution in [0.4, 0.5) is 21.5 Å². The van der Waals surface area contributed by atoms with Crippen LogP contribution in [0.5, 0.6) is 0 Å². The van der Waals surface area contributed by atoms with Gasteiger partial charge in [0.05, 0.1) is 5.69 Å². The van der Waals surface area contributed by atoms with Crippen molar-refractivity contribution in [2.45, 2.75) is 19.6 Å². The van der Waals surface area contributed by atoms with E-state index in [2.05, 4.69) is 15.1 Å². The fraction of sp³-hybridized carbons (Fsp3) is 0.304. The lowest BCUT2D eigenvalue weighted by Crippen LogP contribution is -2.46. The Labute approximate surface area is 180 Å². The predicted octanol–water partition coefficient (Wildman–Crippen LogP) is 3.28. The third kappa shape index (κ3) is 4.63. The van der Waals surface area contributed by atoms with E-state index >= 15 is 0 Å². The van der Waals surface area contributed by atoms with Gasteiger partial charge in [0.2, 0.25) is 0 Å². The Morgan fingerprint density at radius 3 is 2.10 bits per heavy atom. The molecule has 0 unspecified atom stereocenters. The lowest BCUT2D eigenvalue weighted by Gasteiger charge is -2.37. The van der Waals surface area contributed by atoms with Gasteiger partial charge in [-0.15, -0.1) is 0 Å². The molecule has 2 aliphatic rings. The van der Waals surface area contributed by atoms with Crippen molar-refractivity contribution in [3.8, 4) is 0 Å². The highest BCUT2D eigenvalue weighted by atomic mass is 19.1. The predicted molar refractivity (Wildman–Crippen MR) is 115 cm³/mol. The Morgan fingerprint density at radius 1 is 0.903 bits per heavy atom. The van der Waals surface area contributed by atoms with E-state index in [1.807, 2.05) is 30.3 Å². The van der Waals surface area contributed by atoms with Crippen molar-refractivity contribution in [1.29, 1.82) is 0 Å². The quantitative estimate of drug-likeness (QED) is 0.458. The number of carbonyl (C=O) groups excluding carboxylic acids is 2. The minimum absolute atomic E-state index is 0.187. The molecule has 0 aromatic heterocycles. The number of benzene rings is 2. The molecule has 2 aromatic carbocycles. The van der Waals surface area contributed by atoms with Gasteiger partial charge >= 0.3 is 11.9 Å². The molecule has 0 spiro atoms. The summed E-state index contributed by atoms with van der Waals surface area (Å²) in [5.41, 5.74) is 2.21. The SMILES string of the molecule is CC1(C)OC(=O)C(=CNc2ccc(N3CCN(c4ccccc4F)CC3)cc2)C(=O)O1. The summed E-state index contributed by atoms with van der Waals surface area (Å²) in [6.45, 7) is 6.02. The van der Waals surface area contributed by atoms with Crippen molar-refractivity contribution in [3.63, 3.8) is 0 Å². The van der Waals surface area contributed by atoms with Crippen LogP contribution >= 0.6 is 0 Å². The van der Waals surface area contributed by atoms with Crippen LogP contribution in [0.15, 0.2) is 60.3 Å². The van der Waals surface area contributed by atoms with Crippen LogP contribution in [0.25, 0.3) is 0 Å². The number of esters is 2. The van der Waals surface area contributed by atoms with Gasteiger partial charge in [0.15, 0.2) is 5.57 Å². The first kappa shape index (κ1) is 20.7. The second-order valence-corrected chi connectivity index (χ2v) is 7.85. The standard InChI is InChI=1S/C23H24FN3O4/c1-23(2)30-21(28)18(22(29)31-23)15-25-16-7-9-17(10-8-16)26-11-13-27(14-12-26)20-6-4-3-5-19(20)24/h3-10,15,25H,11-14H2,1-2H3. The molecule has 0 aliphatic carbocycles. The zero-order valence-electron chi connectivity index (χ0n) is 17.4. The number of ether oxygens (including phenoxy) is 2. The van der Waals surface area contributed by atoms with Gasteiger partial charge in [-0.05, 0) is 36.4 Å². The Hall–Kier alpha value is -3.55. The fourth-order valence-corrected chi connectivity index (χ4v) is 3.62. The number of halogens is 1. The largest absolute Gasteiger partial charge is 0.419 e. The number of nitrogens with zero attached hydrogens (tertiary/aromatic N) is 2. The summed E-state index contributed by atoms with van der Waals surface area (Å²) in [5.74, 6) is -2.91. The number of hydrogen-bond donors (Lipinski definition) is 1. The van der Waals surface area contributed by atoms with E-state index in [9.17, 15) is 14.0 Å². The van der Waals surface area contributed by atoms with Crippen LogP contribution in [0.2, 0.25) is 0 Å². The number of anilines is 3. The van der Waals surface area contributed by atoms with Crippen LogP contribution in [0, 0.1) is 5.82 Å². The first-order chi connectivity index (χ1) is 14.8. The summed E-state index contributed by atoms with van der Waals surface area (Å²) < 4.78 is 24.1. The molecule has 162 valence electrons. The van der Waals surface area contributed by atoms with Crippen LogP contribution in [-0.2, 0) is 19.1 Å². The monoisotopic (exact) mass is 425 g/mol. The Morgan fingerprint density at radius 2 is 1.48 bits per heavy atom. The van der Waals surface area contributed by atoms with E-state index in [1.54, 1.807) is 12.1 Å². The van der Waals surface area contributed by atoms with Gasteiger partial charge in [0.1, 0.15) is 5.82 Å². The molecule has 0 amide bonds. The van der Waals surface area contributed by atoms with Crippen LogP contribution in [0.3, 0.4) is 0 Å². The van der Waals surface area contributed by atoms with Crippen molar-refractivity contribution in [2.24, 2.45) is 0 Å². The Bertz CT molecular complexity index is 990. The molecule has 2 saturated heterocycles. The van der Waals surface area contributed by atoms with E-state index in [0.29, 0.717) is 11.4 Å². The van der Waals surface area contributed by atoms with Crippen LogP contribution in [0.1, 0.15) is 13.8 Å². The Balaban J connectivity index is 1.35. The highest BCUT2D eigenvalue weighted by Crippen LogP contribution is 2.25. The van der Waals surface area contributed by atoms with Crippen molar-refractivity contribution >= 4 is 29.0 Å². The molecule has 7 nitrogen and oxygen atoms in total. The highest BCUT2D eigenvalue weighted by molar-refractivity contribution is 6.15. The summed E-state index contributed by atoms with van der Waals surface area (Å²) in [7, 11) is 0. The number of para-hydroxylation sites is 1. The average molecular weight is 425 g/mol. The summed E-state index contributed by atoms with van der Waals surface area (Å²) in [6.07, 6.45) is 1.29. The second-order valence-electron chi connectivity index (χ2n) is 7.85. The van der Waals surface area contributed by atoms with Gasteiger partial charge in [-0.1, -0.05) is 12.1 Å². The molecular weight excluding hydrogens is 401 g/mol. The third-order valence-electron chi connectivity index (χ3n) is 5.21. The molecule has 4 rings (SSSR count). The topological polar surface area (TPSA) is 71.1 Å². The maximum Gasteiger partial charge on any atom is 0.350 e. The summed E-state index contributed by atoms with van der Waals surface area (Å²) in [5, 5.41) is 2.94. The first-order valence-electron chi connectivity index (χ1n) is 10.1. The van der Waals surface area contributed by atoms with E-state index in [4.69, 9.17) is 9.47 Å². The first-order valence-corrected chi connectivity index (χ1v) is 10.1.